The molecule has 4 aromatic rings. The lowest BCUT2D eigenvalue weighted by atomic mass is 9.83. The number of furan rings is 1. The first-order valence-electron chi connectivity index (χ1n) is 15.9. The van der Waals surface area contributed by atoms with Crippen LogP contribution < -0.4 is 5.32 Å². The first-order chi connectivity index (χ1) is 20.9. The van der Waals surface area contributed by atoms with Crippen molar-refractivity contribution in [2.24, 2.45) is 11.3 Å². The first kappa shape index (κ1) is 30.2. The Hall–Kier alpha value is -3.84. The van der Waals surface area contributed by atoms with E-state index < -0.39 is 5.54 Å². The molecule has 44 heavy (non-hydrogen) atoms. The molecule has 2 aromatic carbocycles. The molecule has 2 N–H and O–H groups in total. The number of amides is 2. The predicted octanol–water partition coefficient (Wildman–Crippen LogP) is 7.26. The third kappa shape index (κ3) is 5.25. The Kier molecular flexibility index (Phi) is 7.73. The van der Waals surface area contributed by atoms with Crippen LogP contribution in [0.2, 0.25) is 0 Å². The summed E-state index contributed by atoms with van der Waals surface area (Å²) in [5.41, 5.74) is 6.64. The van der Waals surface area contributed by atoms with Gasteiger partial charge >= 0.3 is 0 Å². The highest BCUT2D eigenvalue weighted by Gasteiger charge is 2.61. The zero-order valence-corrected chi connectivity index (χ0v) is 27.2. The maximum absolute atomic E-state index is 14.7. The Balaban J connectivity index is 1.35. The van der Waals surface area contributed by atoms with Crippen LogP contribution in [0.5, 0.6) is 0 Å². The van der Waals surface area contributed by atoms with Gasteiger partial charge < -0.3 is 24.5 Å². The average molecular weight is 595 g/mol. The number of anilines is 1. The Bertz CT molecular complexity index is 1670. The number of aromatic amines is 1. The van der Waals surface area contributed by atoms with E-state index in [1.54, 1.807) is 6.26 Å². The van der Waals surface area contributed by atoms with E-state index in [2.05, 4.69) is 86.3 Å². The Morgan fingerprint density at radius 2 is 1.70 bits per heavy atom. The van der Waals surface area contributed by atoms with Crippen LogP contribution in [0.3, 0.4) is 0 Å². The maximum Gasteiger partial charge on any atom is 0.250 e. The number of nitrogens with zero attached hydrogens (tertiary/aromatic N) is 2. The molecule has 0 spiro atoms. The van der Waals surface area contributed by atoms with Crippen molar-refractivity contribution in [3.05, 3.63) is 88.5 Å². The quantitative estimate of drug-likeness (QED) is 0.225. The average Bonchev–Trinajstić information content (AvgIpc) is 3.34. The van der Waals surface area contributed by atoms with Crippen molar-refractivity contribution in [3.63, 3.8) is 0 Å². The number of hydrogen-bond acceptors (Lipinski definition) is 4. The number of carbonyl (C=O) groups excluding carboxylic acids is 2. The van der Waals surface area contributed by atoms with E-state index in [9.17, 15) is 9.59 Å². The number of hydrogen-bond donors (Lipinski definition) is 2. The summed E-state index contributed by atoms with van der Waals surface area (Å²) in [6.45, 7) is 14.5. The molecular weight excluding hydrogens is 548 g/mol. The van der Waals surface area contributed by atoms with Crippen molar-refractivity contribution in [1.29, 1.82) is 0 Å². The lowest BCUT2D eigenvalue weighted by molar-refractivity contribution is -0.150. The fourth-order valence-corrected chi connectivity index (χ4v) is 7.95. The van der Waals surface area contributed by atoms with E-state index >= 15 is 0 Å². The SMILES string of the molecule is Cc1cc(C)c(NC(=O)C2(N(Cc3ccco3)C(=O)CC3C(c4c(C)[nH]c5ccccc45)C3(C)C)CCN(C)CC2)c(C)c1. The van der Waals surface area contributed by atoms with Gasteiger partial charge in [0, 0.05) is 41.8 Å². The van der Waals surface area contributed by atoms with Crippen molar-refractivity contribution in [2.75, 3.05) is 25.5 Å². The molecule has 6 rings (SSSR count). The van der Waals surface area contributed by atoms with Crippen molar-refractivity contribution in [1.82, 2.24) is 14.8 Å². The van der Waals surface area contributed by atoms with Crippen LogP contribution in [-0.2, 0) is 16.1 Å². The number of piperidine rings is 1. The summed E-state index contributed by atoms with van der Waals surface area (Å²) >= 11 is 0. The molecule has 2 unspecified atom stereocenters. The zero-order chi connectivity index (χ0) is 31.4. The highest BCUT2D eigenvalue weighted by atomic mass is 16.3. The predicted molar refractivity (Wildman–Crippen MR) is 176 cm³/mol. The Morgan fingerprint density at radius 1 is 1.02 bits per heavy atom. The fraction of sp³-hybridized carbons (Fsp3) is 0.459. The summed E-state index contributed by atoms with van der Waals surface area (Å²) in [5.74, 6) is 1.01. The Labute approximate surface area is 261 Å². The highest BCUT2D eigenvalue weighted by molar-refractivity contribution is 6.01. The number of aryl methyl sites for hydroxylation is 4. The van der Waals surface area contributed by atoms with Crippen LogP contribution in [0, 0.1) is 39.0 Å². The zero-order valence-electron chi connectivity index (χ0n) is 27.2. The topological polar surface area (TPSA) is 81.6 Å². The van der Waals surface area contributed by atoms with Gasteiger partial charge in [0.05, 0.1) is 12.8 Å². The molecule has 2 aromatic heterocycles. The molecule has 2 fully saturated rings. The van der Waals surface area contributed by atoms with Crippen LogP contribution >= 0.6 is 0 Å². The first-order valence-corrected chi connectivity index (χ1v) is 15.9. The largest absolute Gasteiger partial charge is 0.467 e. The molecular formula is C37H46N4O3. The maximum atomic E-state index is 14.7. The molecule has 2 aliphatic rings. The summed E-state index contributed by atoms with van der Waals surface area (Å²) in [6, 6.07) is 16.4. The monoisotopic (exact) mass is 594 g/mol. The third-order valence-electron chi connectivity index (χ3n) is 10.6. The molecule has 7 nitrogen and oxygen atoms in total. The summed E-state index contributed by atoms with van der Waals surface area (Å²) in [7, 11) is 2.08. The second-order valence-corrected chi connectivity index (χ2v) is 13.9. The second-order valence-electron chi connectivity index (χ2n) is 13.9. The van der Waals surface area contributed by atoms with Gasteiger partial charge in [0.15, 0.2) is 0 Å². The smallest absolute Gasteiger partial charge is 0.250 e. The van der Waals surface area contributed by atoms with Gasteiger partial charge in [-0.15, -0.1) is 0 Å². The van der Waals surface area contributed by atoms with Gasteiger partial charge in [0.2, 0.25) is 11.8 Å². The minimum atomic E-state index is -0.995. The molecule has 232 valence electrons. The van der Waals surface area contributed by atoms with Crippen LogP contribution in [-0.4, -0.2) is 52.3 Å². The summed E-state index contributed by atoms with van der Waals surface area (Å²) < 4.78 is 5.79. The van der Waals surface area contributed by atoms with Gasteiger partial charge in [-0.25, -0.2) is 0 Å². The van der Waals surface area contributed by atoms with E-state index in [1.807, 2.05) is 30.9 Å². The number of aromatic nitrogens is 1. The molecule has 1 saturated heterocycles. The normalized spacial score (nSPS) is 20.9. The van der Waals surface area contributed by atoms with E-state index in [0.29, 0.717) is 25.0 Å². The van der Waals surface area contributed by atoms with Crippen LogP contribution in [0.1, 0.15) is 72.7 Å². The van der Waals surface area contributed by atoms with Gasteiger partial charge in [0.1, 0.15) is 11.3 Å². The van der Waals surface area contributed by atoms with Crippen LogP contribution in [0.4, 0.5) is 5.69 Å². The third-order valence-corrected chi connectivity index (χ3v) is 10.6. The highest BCUT2D eigenvalue weighted by Crippen LogP contribution is 2.67. The van der Waals surface area contributed by atoms with E-state index in [1.165, 1.54) is 16.6 Å². The van der Waals surface area contributed by atoms with Gasteiger partial charge in [0.25, 0.3) is 0 Å². The van der Waals surface area contributed by atoms with Gasteiger partial charge in [-0.3, -0.25) is 9.59 Å². The molecule has 0 bridgehead atoms. The number of carbonyl (C=O) groups is 2. The summed E-state index contributed by atoms with van der Waals surface area (Å²) in [4.78, 5) is 36.9. The van der Waals surface area contributed by atoms with Gasteiger partial charge in [-0.05, 0) is 99.7 Å². The molecule has 1 aliphatic heterocycles. The van der Waals surface area contributed by atoms with Gasteiger partial charge in [-0.1, -0.05) is 49.7 Å². The van der Waals surface area contributed by atoms with E-state index in [0.717, 1.165) is 41.0 Å². The molecule has 7 heteroatoms. The van der Waals surface area contributed by atoms with E-state index in [4.69, 9.17) is 4.42 Å². The van der Waals surface area contributed by atoms with Crippen molar-refractivity contribution in [2.45, 2.75) is 78.8 Å². The minimum absolute atomic E-state index is 0.0107. The van der Waals surface area contributed by atoms with E-state index in [-0.39, 0.29) is 35.6 Å². The standard InChI is InChI=1S/C37H46N4O3/c1-23-19-24(2)34(25(3)20-23)39-35(43)37(14-16-40(7)17-15-37)41(22-27-11-10-18-44-27)31(42)21-29-33(36(29,5)6)32-26(4)38-30-13-9-8-12-28(30)32/h8-13,18-20,29,33,38H,14-17,21-22H2,1-7H3,(H,39,43). The summed E-state index contributed by atoms with van der Waals surface area (Å²) in [6.07, 6.45) is 3.14. The second kappa shape index (κ2) is 11.3. The number of para-hydroxylation sites is 1. The number of benzene rings is 2. The summed E-state index contributed by atoms with van der Waals surface area (Å²) in [5, 5.41) is 4.54. The van der Waals surface area contributed by atoms with Crippen molar-refractivity contribution < 1.29 is 14.0 Å². The number of fused-ring (bicyclic) bond motifs is 1. The molecule has 1 saturated carbocycles. The fourth-order valence-electron chi connectivity index (χ4n) is 7.95. The lowest BCUT2D eigenvalue weighted by Gasteiger charge is -2.47. The van der Waals surface area contributed by atoms with Crippen molar-refractivity contribution >= 4 is 28.4 Å². The molecule has 3 heterocycles. The molecule has 1 aliphatic carbocycles. The number of nitrogens with one attached hydrogen (secondary N) is 2. The van der Waals surface area contributed by atoms with Gasteiger partial charge in [-0.2, -0.15) is 0 Å². The molecule has 2 atom stereocenters. The number of rotatable bonds is 8. The van der Waals surface area contributed by atoms with Crippen molar-refractivity contribution in [3.8, 4) is 0 Å². The number of likely N-dealkylation sites (tertiary alicyclic amines) is 1. The minimum Gasteiger partial charge on any atom is -0.467 e. The Morgan fingerprint density at radius 3 is 2.36 bits per heavy atom. The van der Waals surface area contributed by atoms with Crippen LogP contribution in [0.25, 0.3) is 10.9 Å². The molecule has 0 radical (unpaired) electrons. The lowest BCUT2D eigenvalue weighted by Crippen LogP contribution is -2.63. The molecule has 2 amide bonds. The van der Waals surface area contributed by atoms with Crippen LogP contribution in [0.15, 0.2) is 59.2 Å². The number of H-pyrrole nitrogens is 1.